The zero-order chi connectivity index (χ0) is 29.9. The number of hydrogen-bond donors (Lipinski definition) is 1. The number of nitrogens with zero attached hydrogens (tertiary/aromatic N) is 6. The van der Waals surface area contributed by atoms with Crippen molar-refractivity contribution < 1.29 is 4.79 Å². The molecule has 2 aromatic heterocycles. The zero-order valence-electron chi connectivity index (χ0n) is 25.7. The number of rotatable bonds is 6. The van der Waals surface area contributed by atoms with Gasteiger partial charge in [0.1, 0.15) is 10.9 Å². The van der Waals surface area contributed by atoms with Crippen LogP contribution in [0.5, 0.6) is 0 Å². The lowest BCUT2D eigenvalue weighted by Gasteiger charge is -2.31. The monoisotopic (exact) mass is 595 g/mol. The van der Waals surface area contributed by atoms with E-state index in [0.29, 0.717) is 17.3 Å². The van der Waals surface area contributed by atoms with Crippen LogP contribution in [0.25, 0.3) is 11.1 Å². The maximum Gasteiger partial charge on any atom is 0.257 e. The standard InChI is InChI=1S/C34H41N7OS/c1-5-10-30-33(35-4)43-34(38-30)39-32(42)27-14-9-13-25-17-18-40(21-29(25)27)31-16-15-26(22(2)37-31)28-19-36-41(23(28)3)20-24-11-7-6-8-12-24/h9-10,13-16,19,24H,5-8,11-12,17-18,20-21H2,1-4H3,(H,38,39,42)/b30-10+,35-33?. The lowest BCUT2D eigenvalue weighted by Crippen LogP contribution is -2.35. The SMILES string of the molecule is CC/C=C1/N=C(NC(=O)c2cccc3c2CN(c2ccc(-c4cnn(CC5CCCCC5)c4C)c(C)n2)CC3)SC1=NC. The van der Waals surface area contributed by atoms with Crippen molar-refractivity contribution in [3.05, 3.63) is 76.4 Å². The molecule has 6 rings (SSSR count). The number of aliphatic imine (C=N–C) groups is 2. The highest BCUT2D eigenvalue weighted by Gasteiger charge is 2.26. The summed E-state index contributed by atoms with van der Waals surface area (Å²) in [5.41, 5.74) is 8.27. The van der Waals surface area contributed by atoms with Gasteiger partial charge >= 0.3 is 0 Å². The molecule has 0 bridgehead atoms. The number of allylic oxidation sites excluding steroid dienone is 1. The zero-order valence-corrected chi connectivity index (χ0v) is 26.5. The molecular weight excluding hydrogens is 554 g/mol. The van der Waals surface area contributed by atoms with Gasteiger partial charge in [0.2, 0.25) is 0 Å². The molecule has 1 aromatic carbocycles. The summed E-state index contributed by atoms with van der Waals surface area (Å²) in [5, 5.41) is 9.20. The van der Waals surface area contributed by atoms with Crippen molar-refractivity contribution in [2.45, 2.75) is 78.8 Å². The van der Waals surface area contributed by atoms with Crippen LogP contribution in [0.3, 0.4) is 0 Å². The van der Waals surface area contributed by atoms with Crippen LogP contribution in [0.15, 0.2) is 58.3 Å². The molecule has 43 heavy (non-hydrogen) atoms. The van der Waals surface area contributed by atoms with E-state index in [1.807, 2.05) is 24.4 Å². The molecule has 0 unspecified atom stereocenters. The first kappa shape index (κ1) is 29.4. The Labute approximate surface area is 258 Å². The third-order valence-electron chi connectivity index (χ3n) is 8.92. The summed E-state index contributed by atoms with van der Waals surface area (Å²) in [6, 6.07) is 10.3. The molecule has 0 atom stereocenters. The highest BCUT2D eigenvalue weighted by molar-refractivity contribution is 8.27. The van der Waals surface area contributed by atoms with Crippen molar-refractivity contribution in [1.82, 2.24) is 20.1 Å². The second-order valence-corrected chi connectivity index (χ2v) is 12.7. The van der Waals surface area contributed by atoms with Gasteiger partial charge in [-0.25, -0.2) is 9.98 Å². The minimum absolute atomic E-state index is 0.140. The number of benzene rings is 1. The van der Waals surface area contributed by atoms with E-state index < -0.39 is 0 Å². The maximum absolute atomic E-state index is 13.5. The summed E-state index contributed by atoms with van der Waals surface area (Å²) >= 11 is 1.40. The van der Waals surface area contributed by atoms with Gasteiger partial charge < -0.3 is 10.2 Å². The van der Waals surface area contributed by atoms with E-state index in [1.54, 1.807) is 7.05 Å². The number of pyridine rings is 1. The predicted molar refractivity (Wildman–Crippen MR) is 177 cm³/mol. The van der Waals surface area contributed by atoms with Crippen molar-refractivity contribution in [2.24, 2.45) is 15.9 Å². The van der Waals surface area contributed by atoms with Gasteiger partial charge in [-0.3, -0.25) is 14.5 Å². The molecule has 0 saturated heterocycles. The van der Waals surface area contributed by atoms with Gasteiger partial charge in [0.25, 0.3) is 5.91 Å². The summed E-state index contributed by atoms with van der Waals surface area (Å²) in [7, 11) is 1.75. The van der Waals surface area contributed by atoms with Crippen LogP contribution in [0.4, 0.5) is 5.82 Å². The molecule has 1 N–H and O–H groups in total. The van der Waals surface area contributed by atoms with Gasteiger partial charge in [-0.05, 0) is 86.5 Å². The van der Waals surface area contributed by atoms with Crippen molar-refractivity contribution >= 4 is 33.7 Å². The van der Waals surface area contributed by atoms with Crippen molar-refractivity contribution in [3.8, 4) is 11.1 Å². The van der Waals surface area contributed by atoms with E-state index in [1.165, 1.54) is 55.1 Å². The summed E-state index contributed by atoms with van der Waals surface area (Å²) in [6.07, 6.45) is 12.4. The number of hydrogen-bond acceptors (Lipinski definition) is 7. The second-order valence-electron chi connectivity index (χ2n) is 11.7. The highest BCUT2D eigenvalue weighted by Crippen LogP contribution is 2.32. The number of anilines is 1. The third-order valence-corrected chi connectivity index (χ3v) is 9.89. The van der Waals surface area contributed by atoms with Gasteiger partial charge in [0.05, 0.1) is 11.9 Å². The number of nitrogens with one attached hydrogen (secondary N) is 1. The van der Waals surface area contributed by atoms with Gasteiger partial charge in [-0.2, -0.15) is 5.10 Å². The fraction of sp³-hybridized carbons (Fsp3) is 0.441. The second kappa shape index (κ2) is 12.9. The number of carbonyl (C=O) groups is 1. The van der Waals surface area contributed by atoms with Crippen LogP contribution in [-0.2, 0) is 19.5 Å². The normalized spacial score (nSPS) is 19.2. The van der Waals surface area contributed by atoms with Crippen LogP contribution in [0.1, 0.15) is 78.3 Å². The number of aromatic nitrogens is 3. The Hall–Kier alpha value is -3.72. The number of carbonyl (C=O) groups excluding carboxylic acids is 1. The van der Waals surface area contributed by atoms with Crippen molar-refractivity contribution in [2.75, 3.05) is 18.5 Å². The Kier molecular flexibility index (Phi) is 8.79. The number of aryl methyl sites for hydroxylation is 1. The average Bonchev–Trinajstić information content (AvgIpc) is 3.58. The van der Waals surface area contributed by atoms with Crippen molar-refractivity contribution in [3.63, 3.8) is 0 Å². The number of thioether (sulfide) groups is 1. The average molecular weight is 596 g/mol. The lowest BCUT2D eigenvalue weighted by molar-refractivity contribution is 0.0977. The van der Waals surface area contributed by atoms with E-state index in [0.717, 1.165) is 70.8 Å². The first-order chi connectivity index (χ1) is 20.9. The van der Waals surface area contributed by atoms with Crippen LogP contribution in [0, 0.1) is 19.8 Å². The Morgan fingerprint density at radius 2 is 1.98 bits per heavy atom. The molecule has 1 aliphatic carbocycles. The molecule has 3 aliphatic rings. The van der Waals surface area contributed by atoms with E-state index in [2.05, 4.69) is 63.9 Å². The van der Waals surface area contributed by atoms with E-state index in [-0.39, 0.29) is 5.91 Å². The van der Waals surface area contributed by atoms with Crippen LogP contribution in [-0.4, -0.2) is 44.5 Å². The molecule has 224 valence electrons. The first-order valence-corrected chi connectivity index (χ1v) is 16.4. The molecule has 1 amide bonds. The molecule has 0 radical (unpaired) electrons. The Balaban J connectivity index is 1.19. The van der Waals surface area contributed by atoms with Crippen LogP contribution in [0.2, 0.25) is 0 Å². The molecule has 3 aromatic rings. The molecule has 9 heteroatoms. The highest BCUT2D eigenvalue weighted by atomic mass is 32.2. The summed E-state index contributed by atoms with van der Waals surface area (Å²) < 4.78 is 2.19. The summed E-state index contributed by atoms with van der Waals surface area (Å²) in [5.74, 6) is 1.53. The Morgan fingerprint density at radius 3 is 2.74 bits per heavy atom. The molecule has 8 nitrogen and oxygen atoms in total. The lowest BCUT2D eigenvalue weighted by atomic mass is 9.89. The summed E-state index contributed by atoms with van der Waals surface area (Å²) in [4.78, 5) is 29.7. The fourth-order valence-corrected chi connectivity index (χ4v) is 7.33. The minimum atomic E-state index is -0.140. The van der Waals surface area contributed by atoms with Gasteiger partial charge in [0.15, 0.2) is 5.17 Å². The largest absolute Gasteiger partial charge is 0.352 e. The Morgan fingerprint density at radius 1 is 1.14 bits per heavy atom. The quantitative estimate of drug-likeness (QED) is 0.336. The number of amidine groups is 1. The van der Waals surface area contributed by atoms with Crippen LogP contribution < -0.4 is 10.2 Å². The maximum atomic E-state index is 13.5. The topological polar surface area (TPSA) is 87.8 Å². The summed E-state index contributed by atoms with van der Waals surface area (Å²) in [6.45, 7) is 8.82. The molecule has 1 fully saturated rings. The molecule has 4 heterocycles. The molecule has 1 saturated carbocycles. The first-order valence-electron chi connectivity index (χ1n) is 15.6. The van der Waals surface area contributed by atoms with E-state index in [4.69, 9.17) is 10.1 Å². The number of fused-ring (bicyclic) bond motifs is 1. The van der Waals surface area contributed by atoms with E-state index >= 15 is 0 Å². The van der Waals surface area contributed by atoms with Gasteiger partial charge in [0, 0.05) is 54.8 Å². The third kappa shape index (κ3) is 6.18. The van der Waals surface area contributed by atoms with Crippen LogP contribution >= 0.6 is 11.8 Å². The molecule has 2 aliphatic heterocycles. The Bertz CT molecular complexity index is 1610. The van der Waals surface area contributed by atoms with Gasteiger partial charge in [-0.1, -0.05) is 44.4 Å². The molecule has 0 spiro atoms. The fourth-order valence-electron chi connectivity index (χ4n) is 6.54. The molecular formula is C34H41N7OS. The van der Waals surface area contributed by atoms with Gasteiger partial charge in [-0.15, -0.1) is 0 Å². The number of amides is 1. The minimum Gasteiger partial charge on any atom is -0.352 e. The van der Waals surface area contributed by atoms with Crippen molar-refractivity contribution in [1.29, 1.82) is 0 Å². The smallest absolute Gasteiger partial charge is 0.257 e. The predicted octanol–water partition coefficient (Wildman–Crippen LogP) is 6.86. The van der Waals surface area contributed by atoms with E-state index in [9.17, 15) is 4.79 Å².